The zero-order valence-electron chi connectivity index (χ0n) is 8.76. The molecule has 0 radical (unpaired) electrons. The molecule has 1 nitrogen and oxygen atoms in total. The van der Waals surface area contributed by atoms with Crippen molar-refractivity contribution in [2.24, 2.45) is 0 Å². The lowest BCUT2D eigenvalue weighted by atomic mass is 10.1. The number of unbranched alkanes of at least 4 members (excludes halogenated alkanes) is 6. The standard InChI is InChI=1S/C12H22O/c1-2-3-4-5-6-7-8-9-10-11-12-13/h9,11,13H,2-8,12H2,1H3. The van der Waals surface area contributed by atoms with Crippen molar-refractivity contribution in [1.29, 1.82) is 0 Å². The fourth-order valence-electron chi connectivity index (χ4n) is 1.25. The van der Waals surface area contributed by atoms with Crippen LogP contribution in [0.4, 0.5) is 0 Å². The number of rotatable bonds is 8. The summed E-state index contributed by atoms with van der Waals surface area (Å²) in [5, 5.41) is 8.43. The molecule has 0 aromatic rings. The minimum Gasteiger partial charge on any atom is -0.392 e. The van der Waals surface area contributed by atoms with E-state index < -0.39 is 0 Å². The first-order valence-corrected chi connectivity index (χ1v) is 5.42. The van der Waals surface area contributed by atoms with E-state index >= 15 is 0 Å². The first-order chi connectivity index (χ1) is 6.41. The molecule has 0 fully saturated rings. The van der Waals surface area contributed by atoms with Crippen LogP contribution >= 0.6 is 0 Å². The molecule has 0 amide bonds. The summed E-state index contributed by atoms with van der Waals surface area (Å²) in [5.74, 6) is 0. The minimum absolute atomic E-state index is 0.104. The molecule has 1 heteroatoms. The van der Waals surface area contributed by atoms with Gasteiger partial charge in [0.1, 0.15) is 0 Å². The Labute approximate surface area is 82.2 Å². The van der Waals surface area contributed by atoms with Gasteiger partial charge in [0.2, 0.25) is 0 Å². The van der Waals surface area contributed by atoms with Crippen LogP contribution in [0.1, 0.15) is 51.9 Å². The third-order valence-electron chi connectivity index (χ3n) is 2.03. The Hall–Kier alpha value is -0.520. The predicted molar refractivity (Wildman–Crippen MR) is 57.7 cm³/mol. The van der Waals surface area contributed by atoms with Gasteiger partial charge in [0.15, 0.2) is 0 Å². The highest BCUT2D eigenvalue weighted by molar-refractivity contribution is 4.83. The number of aliphatic hydroxyl groups is 1. The lowest BCUT2D eigenvalue weighted by Crippen LogP contribution is -1.77. The van der Waals surface area contributed by atoms with Crippen molar-refractivity contribution in [1.82, 2.24) is 0 Å². The second kappa shape index (κ2) is 11.5. The van der Waals surface area contributed by atoms with E-state index in [0.29, 0.717) is 0 Å². The Morgan fingerprint density at radius 3 is 2.38 bits per heavy atom. The molecule has 0 aliphatic heterocycles. The van der Waals surface area contributed by atoms with Crippen LogP contribution in [0.2, 0.25) is 0 Å². The molecular formula is C12H22O. The molecule has 0 bridgehead atoms. The Kier molecular flexibility index (Phi) is 11.0. The first-order valence-electron chi connectivity index (χ1n) is 5.42. The van der Waals surface area contributed by atoms with Crippen molar-refractivity contribution in [3.63, 3.8) is 0 Å². The zero-order valence-corrected chi connectivity index (χ0v) is 8.76. The van der Waals surface area contributed by atoms with Gasteiger partial charge in [-0.3, -0.25) is 0 Å². The summed E-state index contributed by atoms with van der Waals surface area (Å²) in [5.41, 5.74) is 2.94. The van der Waals surface area contributed by atoms with Crippen LogP contribution in [0.25, 0.3) is 0 Å². The summed E-state index contributed by atoms with van der Waals surface area (Å²) in [6, 6.07) is 0. The van der Waals surface area contributed by atoms with Gasteiger partial charge in [-0.05, 0) is 25.0 Å². The van der Waals surface area contributed by atoms with Crippen molar-refractivity contribution < 1.29 is 5.11 Å². The highest BCUT2D eigenvalue weighted by atomic mass is 16.2. The summed E-state index contributed by atoms with van der Waals surface area (Å²) in [6.45, 7) is 2.34. The molecule has 0 saturated carbocycles. The van der Waals surface area contributed by atoms with Crippen molar-refractivity contribution in [3.8, 4) is 0 Å². The maximum absolute atomic E-state index is 8.43. The van der Waals surface area contributed by atoms with E-state index in [9.17, 15) is 0 Å². The monoisotopic (exact) mass is 182 g/mol. The van der Waals surface area contributed by atoms with E-state index in [4.69, 9.17) is 5.11 Å². The predicted octanol–water partition coefficient (Wildman–Crippen LogP) is 3.44. The van der Waals surface area contributed by atoms with Gasteiger partial charge in [-0.15, -0.1) is 5.73 Å². The highest BCUT2D eigenvalue weighted by Crippen LogP contribution is 2.06. The fourth-order valence-corrected chi connectivity index (χ4v) is 1.25. The van der Waals surface area contributed by atoms with Gasteiger partial charge < -0.3 is 5.11 Å². The fraction of sp³-hybridized carbons (Fsp3) is 0.750. The molecule has 0 saturated heterocycles. The molecule has 0 aliphatic rings. The maximum Gasteiger partial charge on any atom is 0.0686 e. The molecule has 0 aromatic heterocycles. The van der Waals surface area contributed by atoms with E-state index in [1.165, 1.54) is 38.5 Å². The Bertz CT molecular complexity index is 143. The SMILES string of the molecule is CCCCCCCCC=C=CCO. The van der Waals surface area contributed by atoms with Crippen molar-refractivity contribution in [2.75, 3.05) is 6.61 Å². The van der Waals surface area contributed by atoms with Crippen molar-refractivity contribution in [2.45, 2.75) is 51.9 Å². The molecule has 0 heterocycles. The molecule has 0 unspecified atom stereocenters. The number of hydrogen-bond acceptors (Lipinski definition) is 1. The second-order valence-corrected chi connectivity index (χ2v) is 3.31. The summed E-state index contributed by atoms with van der Waals surface area (Å²) in [4.78, 5) is 0. The molecule has 0 spiro atoms. The third-order valence-corrected chi connectivity index (χ3v) is 2.03. The normalized spacial score (nSPS) is 9.38. The van der Waals surface area contributed by atoms with E-state index in [1.54, 1.807) is 6.08 Å². The smallest absolute Gasteiger partial charge is 0.0686 e. The number of aliphatic hydroxyl groups excluding tert-OH is 1. The van der Waals surface area contributed by atoms with Gasteiger partial charge in [0, 0.05) is 0 Å². The minimum atomic E-state index is 0.104. The van der Waals surface area contributed by atoms with Gasteiger partial charge in [-0.2, -0.15) is 0 Å². The molecule has 0 atom stereocenters. The Balaban J connectivity index is 3.03. The maximum atomic E-state index is 8.43. The lowest BCUT2D eigenvalue weighted by molar-refractivity contribution is 0.343. The van der Waals surface area contributed by atoms with Crippen LogP contribution in [0, 0.1) is 0 Å². The molecule has 0 aliphatic carbocycles. The summed E-state index contributed by atoms with van der Waals surface area (Å²) in [6.07, 6.45) is 12.8. The molecule has 13 heavy (non-hydrogen) atoms. The van der Waals surface area contributed by atoms with Gasteiger partial charge in [0.25, 0.3) is 0 Å². The highest BCUT2D eigenvalue weighted by Gasteiger charge is 1.87. The van der Waals surface area contributed by atoms with Crippen LogP contribution in [0.15, 0.2) is 17.9 Å². The zero-order chi connectivity index (χ0) is 9.78. The molecular weight excluding hydrogens is 160 g/mol. The Morgan fingerprint density at radius 1 is 1.00 bits per heavy atom. The van der Waals surface area contributed by atoms with Gasteiger partial charge in [-0.25, -0.2) is 0 Å². The average Bonchev–Trinajstić information content (AvgIpc) is 2.16. The first kappa shape index (κ1) is 12.5. The van der Waals surface area contributed by atoms with Crippen molar-refractivity contribution >= 4 is 0 Å². The van der Waals surface area contributed by atoms with Crippen molar-refractivity contribution in [3.05, 3.63) is 17.9 Å². The van der Waals surface area contributed by atoms with Gasteiger partial charge in [-0.1, -0.05) is 39.0 Å². The molecule has 0 rings (SSSR count). The van der Waals surface area contributed by atoms with Crippen LogP contribution < -0.4 is 0 Å². The lowest BCUT2D eigenvalue weighted by Gasteiger charge is -1.96. The number of hydrogen-bond donors (Lipinski definition) is 1. The van der Waals surface area contributed by atoms with E-state index in [0.717, 1.165) is 6.42 Å². The van der Waals surface area contributed by atoms with E-state index in [2.05, 4.69) is 12.7 Å². The Morgan fingerprint density at radius 2 is 1.69 bits per heavy atom. The summed E-state index contributed by atoms with van der Waals surface area (Å²) >= 11 is 0. The third kappa shape index (κ3) is 11.5. The van der Waals surface area contributed by atoms with Crippen LogP contribution in [0.3, 0.4) is 0 Å². The average molecular weight is 182 g/mol. The van der Waals surface area contributed by atoms with E-state index in [1.807, 2.05) is 6.08 Å². The molecule has 76 valence electrons. The largest absolute Gasteiger partial charge is 0.392 e. The second-order valence-electron chi connectivity index (χ2n) is 3.31. The van der Waals surface area contributed by atoms with Crippen LogP contribution in [-0.2, 0) is 0 Å². The van der Waals surface area contributed by atoms with Crippen LogP contribution in [0.5, 0.6) is 0 Å². The topological polar surface area (TPSA) is 20.2 Å². The summed E-state index contributed by atoms with van der Waals surface area (Å²) < 4.78 is 0. The quantitative estimate of drug-likeness (QED) is 0.450. The molecule has 0 aromatic carbocycles. The summed E-state index contributed by atoms with van der Waals surface area (Å²) in [7, 11) is 0. The van der Waals surface area contributed by atoms with Gasteiger partial charge >= 0.3 is 0 Å². The molecule has 1 N–H and O–H groups in total. The van der Waals surface area contributed by atoms with E-state index in [-0.39, 0.29) is 6.61 Å². The van der Waals surface area contributed by atoms with Crippen LogP contribution in [-0.4, -0.2) is 11.7 Å². The van der Waals surface area contributed by atoms with Gasteiger partial charge in [0.05, 0.1) is 6.61 Å².